The monoisotopic (exact) mass is 305 g/mol. The molecule has 1 aromatic carbocycles. The van der Waals surface area contributed by atoms with Gasteiger partial charge in [0.15, 0.2) is 0 Å². The summed E-state index contributed by atoms with van der Waals surface area (Å²) in [6.07, 6.45) is 7.60. The molecule has 1 N–H and O–H groups in total. The van der Waals surface area contributed by atoms with Gasteiger partial charge in [0.1, 0.15) is 0 Å². The highest BCUT2D eigenvalue weighted by Gasteiger charge is 2.35. The van der Waals surface area contributed by atoms with Crippen LogP contribution < -0.4 is 5.32 Å². The molecule has 2 bridgehead atoms. The Morgan fingerprint density at radius 3 is 2.67 bits per heavy atom. The van der Waals surface area contributed by atoms with Crippen LogP contribution in [0.4, 0.5) is 5.69 Å². The first-order chi connectivity index (χ1) is 8.63. The molecule has 1 fully saturated rings. The molecule has 3 rings (SSSR count). The Morgan fingerprint density at radius 2 is 2.06 bits per heavy atom. The van der Waals surface area contributed by atoms with E-state index >= 15 is 0 Å². The quantitative estimate of drug-likeness (QED) is 0.799. The summed E-state index contributed by atoms with van der Waals surface area (Å²) in [4.78, 5) is 0. The normalized spacial score (nSPS) is 28.9. The summed E-state index contributed by atoms with van der Waals surface area (Å²) in [6.45, 7) is 5.43. The van der Waals surface area contributed by atoms with Crippen molar-refractivity contribution in [2.75, 3.05) is 11.9 Å². The van der Waals surface area contributed by atoms with Crippen LogP contribution in [0.15, 0.2) is 28.8 Å². The summed E-state index contributed by atoms with van der Waals surface area (Å²) in [6, 6.07) is 4.43. The van der Waals surface area contributed by atoms with Crippen LogP contribution in [0, 0.1) is 31.6 Å². The minimum atomic E-state index is 0.826. The van der Waals surface area contributed by atoms with Gasteiger partial charge >= 0.3 is 0 Å². The highest BCUT2D eigenvalue weighted by molar-refractivity contribution is 9.10. The van der Waals surface area contributed by atoms with Gasteiger partial charge in [-0.2, -0.15) is 0 Å². The number of benzene rings is 1. The number of fused-ring (bicyclic) bond motifs is 2. The van der Waals surface area contributed by atoms with Crippen LogP contribution in [-0.4, -0.2) is 6.54 Å². The van der Waals surface area contributed by atoms with Crippen molar-refractivity contribution in [3.8, 4) is 0 Å². The molecule has 0 heterocycles. The van der Waals surface area contributed by atoms with E-state index in [1.54, 1.807) is 0 Å². The molecular weight excluding hydrogens is 286 g/mol. The molecule has 0 amide bonds. The molecule has 0 aliphatic heterocycles. The van der Waals surface area contributed by atoms with Crippen LogP contribution in [0.1, 0.15) is 24.0 Å². The zero-order valence-electron chi connectivity index (χ0n) is 11.0. The lowest BCUT2D eigenvalue weighted by Gasteiger charge is -2.21. The Morgan fingerprint density at radius 1 is 1.22 bits per heavy atom. The molecule has 3 atom stereocenters. The molecule has 2 heteroatoms. The topological polar surface area (TPSA) is 12.0 Å². The molecule has 1 nitrogen and oxygen atoms in total. The number of halogens is 1. The fraction of sp³-hybridized carbons (Fsp3) is 0.500. The first-order valence-electron chi connectivity index (χ1n) is 6.82. The van der Waals surface area contributed by atoms with E-state index < -0.39 is 0 Å². The molecule has 0 radical (unpaired) electrons. The second kappa shape index (κ2) is 4.73. The van der Waals surface area contributed by atoms with E-state index in [1.165, 1.54) is 34.1 Å². The van der Waals surface area contributed by atoms with Crippen LogP contribution in [-0.2, 0) is 0 Å². The second-order valence-corrected chi connectivity index (χ2v) is 6.71. The Labute approximate surface area is 118 Å². The smallest absolute Gasteiger partial charge is 0.0514 e. The highest BCUT2D eigenvalue weighted by Crippen LogP contribution is 2.43. The number of nitrogens with one attached hydrogen (secondary N) is 1. The zero-order valence-corrected chi connectivity index (χ0v) is 12.6. The van der Waals surface area contributed by atoms with E-state index in [-0.39, 0.29) is 0 Å². The number of hydrogen-bond acceptors (Lipinski definition) is 1. The summed E-state index contributed by atoms with van der Waals surface area (Å²) < 4.78 is 1.19. The Bertz CT molecular complexity index is 469. The van der Waals surface area contributed by atoms with Gasteiger partial charge in [0, 0.05) is 11.0 Å². The second-order valence-electron chi connectivity index (χ2n) is 5.86. The summed E-state index contributed by atoms with van der Waals surface area (Å²) in [5.74, 6) is 2.52. The number of rotatable bonds is 3. The van der Waals surface area contributed by atoms with E-state index in [4.69, 9.17) is 0 Å². The molecule has 0 saturated heterocycles. The molecule has 1 aromatic rings. The lowest BCUT2D eigenvalue weighted by molar-refractivity contribution is 0.472. The summed E-state index contributed by atoms with van der Waals surface area (Å²) in [5.41, 5.74) is 3.92. The number of aryl methyl sites for hydroxylation is 2. The fourth-order valence-corrected chi connectivity index (χ4v) is 4.32. The predicted molar refractivity (Wildman–Crippen MR) is 80.9 cm³/mol. The van der Waals surface area contributed by atoms with Crippen molar-refractivity contribution in [3.63, 3.8) is 0 Å². The van der Waals surface area contributed by atoms with Gasteiger partial charge in [-0.25, -0.2) is 0 Å². The largest absolute Gasteiger partial charge is 0.384 e. The maximum Gasteiger partial charge on any atom is 0.0514 e. The average molecular weight is 306 g/mol. The molecule has 2 aliphatic carbocycles. The molecule has 96 valence electrons. The molecule has 0 spiro atoms. The van der Waals surface area contributed by atoms with Crippen molar-refractivity contribution in [1.82, 2.24) is 0 Å². The highest BCUT2D eigenvalue weighted by atomic mass is 79.9. The molecule has 1 saturated carbocycles. The Balaban J connectivity index is 1.69. The van der Waals surface area contributed by atoms with Crippen molar-refractivity contribution >= 4 is 21.6 Å². The SMILES string of the molecule is Cc1cc(C)c(NCC2CC3C=CC2C3)c(Br)c1. The molecular formula is C16H20BrN. The zero-order chi connectivity index (χ0) is 12.7. The maximum atomic E-state index is 3.67. The van der Waals surface area contributed by atoms with Gasteiger partial charge in [-0.1, -0.05) is 18.2 Å². The summed E-state index contributed by atoms with van der Waals surface area (Å²) in [7, 11) is 0. The Kier molecular flexibility index (Phi) is 3.23. The third kappa shape index (κ3) is 2.23. The van der Waals surface area contributed by atoms with E-state index in [1.807, 2.05) is 0 Å². The summed E-state index contributed by atoms with van der Waals surface area (Å²) >= 11 is 3.67. The van der Waals surface area contributed by atoms with E-state index in [0.717, 1.165) is 24.3 Å². The number of allylic oxidation sites excluding steroid dienone is 2. The third-order valence-electron chi connectivity index (χ3n) is 4.39. The van der Waals surface area contributed by atoms with E-state index in [2.05, 4.69) is 59.4 Å². The minimum Gasteiger partial charge on any atom is -0.384 e. The van der Waals surface area contributed by atoms with Gasteiger partial charge in [0.25, 0.3) is 0 Å². The van der Waals surface area contributed by atoms with Gasteiger partial charge in [0.2, 0.25) is 0 Å². The maximum absolute atomic E-state index is 3.67. The Hall–Kier alpha value is -0.760. The molecule has 0 aromatic heterocycles. The number of hydrogen-bond donors (Lipinski definition) is 1. The van der Waals surface area contributed by atoms with Crippen LogP contribution in [0.2, 0.25) is 0 Å². The van der Waals surface area contributed by atoms with Crippen LogP contribution >= 0.6 is 15.9 Å². The average Bonchev–Trinajstić information content (AvgIpc) is 2.89. The van der Waals surface area contributed by atoms with Crippen molar-refractivity contribution in [1.29, 1.82) is 0 Å². The van der Waals surface area contributed by atoms with Gasteiger partial charge in [0.05, 0.1) is 5.69 Å². The van der Waals surface area contributed by atoms with Crippen LogP contribution in [0.25, 0.3) is 0 Å². The lowest BCUT2D eigenvalue weighted by Crippen LogP contribution is -2.18. The van der Waals surface area contributed by atoms with E-state index in [0.29, 0.717) is 0 Å². The fourth-order valence-electron chi connectivity index (χ4n) is 3.50. The van der Waals surface area contributed by atoms with Crippen molar-refractivity contribution in [2.24, 2.45) is 17.8 Å². The first-order valence-corrected chi connectivity index (χ1v) is 7.61. The molecule has 18 heavy (non-hydrogen) atoms. The predicted octanol–water partition coefficient (Wildman–Crippen LogP) is 4.69. The van der Waals surface area contributed by atoms with Gasteiger partial charge in [-0.3, -0.25) is 0 Å². The van der Waals surface area contributed by atoms with E-state index in [9.17, 15) is 0 Å². The molecule has 3 unspecified atom stereocenters. The van der Waals surface area contributed by atoms with Gasteiger partial charge in [-0.15, -0.1) is 0 Å². The van der Waals surface area contributed by atoms with Crippen molar-refractivity contribution in [2.45, 2.75) is 26.7 Å². The van der Waals surface area contributed by atoms with Crippen molar-refractivity contribution < 1.29 is 0 Å². The van der Waals surface area contributed by atoms with Gasteiger partial charge < -0.3 is 5.32 Å². The third-order valence-corrected chi connectivity index (χ3v) is 5.01. The minimum absolute atomic E-state index is 0.826. The lowest BCUT2D eigenvalue weighted by atomic mass is 9.93. The van der Waals surface area contributed by atoms with Crippen LogP contribution in [0.5, 0.6) is 0 Å². The first kappa shape index (κ1) is 12.3. The van der Waals surface area contributed by atoms with Crippen molar-refractivity contribution in [3.05, 3.63) is 39.9 Å². The summed E-state index contributed by atoms with van der Waals surface area (Å²) in [5, 5.41) is 3.65. The molecule has 2 aliphatic rings. The standard InChI is InChI=1S/C16H20BrN/c1-10-5-11(2)16(15(17)6-10)18-9-14-8-12-3-4-13(14)7-12/h3-6,12-14,18H,7-9H2,1-2H3. The number of anilines is 1. The van der Waals surface area contributed by atoms with Crippen LogP contribution in [0.3, 0.4) is 0 Å². The van der Waals surface area contributed by atoms with Gasteiger partial charge in [-0.05, 0) is 77.6 Å².